The van der Waals surface area contributed by atoms with Crippen LogP contribution in [-0.2, 0) is 11.3 Å². The van der Waals surface area contributed by atoms with Gasteiger partial charge in [0.05, 0.1) is 5.56 Å². The third-order valence-electron chi connectivity index (χ3n) is 3.11. The van der Waals surface area contributed by atoms with E-state index < -0.39 is 6.09 Å². The van der Waals surface area contributed by atoms with Gasteiger partial charge in [-0.25, -0.2) is 4.79 Å². The normalized spacial score (nSPS) is 10.4. The molecular weight excluding hydrogens is 294 g/mol. The maximum absolute atomic E-state index is 11.5. The Morgan fingerprint density at radius 2 is 1.91 bits per heavy atom. The molecule has 0 heterocycles. The molecule has 0 fully saturated rings. The fourth-order valence-electron chi connectivity index (χ4n) is 1.95. The molecular formula is C18H17NO4. The number of hydrogen-bond acceptors (Lipinski definition) is 4. The van der Waals surface area contributed by atoms with Crippen molar-refractivity contribution in [3.63, 3.8) is 0 Å². The summed E-state index contributed by atoms with van der Waals surface area (Å²) in [4.78, 5) is 22.5. The molecule has 2 aromatic carbocycles. The highest BCUT2D eigenvalue weighted by Crippen LogP contribution is 2.19. The van der Waals surface area contributed by atoms with E-state index >= 15 is 0 Å². The number of ether oxygens (including phenoxy) is 1. The molecule has 2 rings (SSSR count). The van der Waals surface area contributed by atoms with E-state index in [9.17, 15) is 14.7 Å². The van der Waals surface area contributed by atoms with Crippen LogP contribution in [0.3, 0.4) is 0 Å². The second-order valence-electron chi connectivity index (χ2n) is 4.74. The van der Waals surface area contributed by atoms with Gasteiger partial charge < -0.3 is 15.2 Å². The molecule has 0 unspecified atom stereocenters. The summed E-state index contributed by atoms with van der Waals surface area (Å²) in [6.07, 6.45) is 3.40. The first kappa shape index (κ1) is 16.3. The molecule has 0 bridgehead atoms. The fourth-order valence-corrected chi connectivity index (χ4v) is 1.95. The average Bonchev–Trinajstić information content (AvgIpc) is 2.58. The summed E-state index contributed by atoms with van der Waals surface area (Å²) >= 11 is 0. The van der Waals surface area contributed by atoms with Crippen LogP contribution in [0.25, 0.3) is 6.08 Å². The van der Waals surface area contributed by atoms with Crippen molar-refractivity contribution >= 4 is 18.5 Å². The van der Waals surface area contributed by atoms with Gasteiger partial charge in [0.15, 0.2) is 6.29 Å². The van der Waals surface area contributed by atoms with Crippen LogP contribution in [0.4, 0.5) is 4.79 Å². The van der Waals surface area contributed by atoms with Crippen molar-refractivity contribution in [3.05, 3.63) is 71.3 Å². The molecule has 0 aliphatic heterocycles. The van der Waals surface area contributed by atoms with Gasteiger partial charge in [0.2, 0.25) is 0 Å². The Balaban J connectivity index is 1.79. The highest BCUT2D eigenvalue weighted by atomic mass is 16.5. The van der Waals surface area contributed by atoms with Crippen molar-refractivity contribution in [2.75, 3.05) is 6.54 Å². The number of carbonyl (C=O) groups excluding carboxylic acids is 2. The Bertz CT molecular complexity index is 695. The minimum atomic E-state index is -0.523. The second-order valence-corrected chi connectivity index (χ2v) is 4.74. The highest BCUT2D eigenvalue weighted by Gasteiger charge is 2.04. The molecule has 0 radical (unpaired) electrons. The number of hydrogen-bond donors (Lipinski definition) is 2. The van der Waals surface area contributed by atoms with Crippen molar-refractivity contribution in [2.45, 2.75) is 6.61 Å². The van der Waals surface area contributed by atoms with E-state index in [1.165, 1.54) is 6.07 Å². The SMILES string of the molecule is O=Cc1c(O)cccc1C=CCNC(=O)OCc1ccccc1. The highest BCUT2D eigenvalue weighted by molar-refractivity contribution is 5.85. The van der Waals surface area contributed by atoms with Crippen molar-refractivity contribution in [3.8, 4) is 5.75 Å². The molecule has 5 heteroatoms. The van der Waals surface area contributed by atoms with Gasteiger partial charge in [-0.05, 0) is 17.2 Å². The van der Waals surface area contributed by atoms with E-state index in [0.717, 1.165) is 5.56 Å². The number of aldehydes is 1. The fraction of sp³-hybridized carbons (Fsp3) is 0.111. The predicted molar refractivity (Wildman–Crippen MR) is 87.2 cm³/mol. The zero-order valence-electron chi connectivity index (χ0n) is 12.4. The van der Waals surface area contributed by atoms with E-state index in [0.29, 0.717) is 11.8 Å². The Labute approximate surface area is 134 Å². The number of carbonyl (C=O) groups is 2. The third-order valence-corrected chi connectivity index (χ3v) is 3.11. The smallest absolute Gasteiger partial charge is 0.407 e. The molecule has 2 aromatic rings. The molecule has 118 valence electrons. The maximum atomic E-state index is 11.5. The number of aromatic hydroxyl groups is 1. The van der Waals surface area contributed by atoms with E-state index in [1.54, 1.807) is 24.3 Å². The van der Waals surface area contributed by atoms with E-state index in [-0.39, 0.29) is 24.5 Å². The van der Waals surface area contributed by atoms with Crippen molar-refractivity contribution < 1.29 is 19.4 Å². The molecule has 0 aliphatic carbocycles. The number of amides is 1. The number of benzene rings is 2. The summed E-state index contributed by atoms with van der Waals surface area (Å²) in [6, 6.07) is 14.2. The average molecular weight is 311 g/mol. The van der Waals surface area contributed by atoms with Crippen LogP contribution in [0.1, 0.15) is 21.5 Å². The number of phenols is 1. The lowest BCUT2D eigenvalue weighted by Gasteiger charge is -2.05. The lowest BCUT2D eigenvalue weighted by molar-refractivity contribution is 0.112. The minimum absolute atomic E-state index is 0.0719. The van der Waals surface area contributed by atoms with Crippen molar-refractivity contribution in [1.29, 1.82) is 0 Å². The Kier molecular flexibility index (Phi) is 5.94. The molecule has 0 saturated carbocycles. The maximum Gasteiger partial charge on any atom is 0.407 e. The number of nitrogens with one attached hydrogen (secondary N) is 1. The van der Waals surface area contributed by atoms with Crippen molar-refractivity contribution in [1.82, 2.24) is 5.32 Å². The van der Waals surface area contributed by atoms with E-state index in [2.05, 4.69) is 5.32 Å². The zero-order chi connectivity index (χ0) is 16.5. The first-order valence-corrected chi connectivity index (χ1v) is 7.09. The van der Waals surface area contributed by atoms with Crippen LogP contribution >= 0.6 is 0 Å². The molecule has 0 saturated heterocycles. The molecule has 1 amide bonds. The predicted octanol–water partition coefficient (Wildman–Crippen LogP) is 3.14. The Morgan fingerprint density at radius 1 is 1.13 bits per heavy atom. The quantitative estimate of drug-likeness (QED) is 0.804. The largest absolute Gasteiger partial charge is 0.507 e. The summed E-state index contributed by atoms with van der Waals surface area (Å²) in [5.41, 5.74) is 1.71. The van der Waals surface area contributed by atoms with Crippen molar-refractivity contribution in [2.24, 2.45) is 0 Å². The molecule has 5 nitrogen and oxygen atoms in total. The van der Waals surface area contributed by atoms with Crippen LogP contribution in [0.5, 0.6) is 5.75 Å². The van der Waals surface area contributed by atoms with Crippen LogP contribution in [0, 0.1) is 0 Å². The summed E-state index contributed by atoms with van der Waals surface area (Å²) in [5.74, 6) is -0.0719. The number of alkyl carbamates (subject to hydrolysis) is 1. The number of phenolic OH excluding ortho intramolecular Hbond substituents is 1. The van der Waals surface area contributed by atoms with Gasteiger partial charge in [0, 0.05) is 6.54 Å². The van der Waals surface area contributed by atoms with Gasteiger partial charge in [0.25, 0.3) is 0 Å². The molecule has 0 spiro atoms. The van der Waals surface area contributed by atoms with Crippen LogP contribution in [0.15, 0.2) is 54.6 Å². The summed E-state index contributed by atoms with van der Waals surface area (Å²) in [7, 11) is 0. The molecule has 2 N–H and O–H groups in total. The zero-order valence-corrected chi connectivity index (χ0v) is 12.4. The van der Waals surface area contributed by atoms with Crippen LogP contribution < -0.4 is 5.32 Å². The monoisotopic (exact) mass is 311 g/mol. The van der Waals surface area contributed by atoms with E-state index in [4.69, 9.17) is 4.74 Å². The third kappa shape index (κ3) is 5.00. The first-order valence-electron chi connectivity index (χ1n) is 7.09. The number of rotatable bonds is 6. The first-order chi connectivity index (χ1) is 11.2. The van der Waals surface area contributed by atoms with Gasteiger partial charge in [0.1, 0.15) is 12.4 Å². The standard InChI is InChI=1S/C18H17NO4/c20-12-16-15(8-4-10-17(16)21)9-5-11-19-18(22)23-13-14-6-2-1-3-7-14/h1-10,12,21H,11,13H2,(H,19,22). The van der Waals surface area contributed by atoms with Gasteiger partial charge >= 0.3 is 6.09 Å². The van der Waals surface area contributed by atoms with Crippen LogP contribution in [0.2, 0.25) is 0 Å². The summed E-state index contributed by atoms with van der Waals surface area (Å²) in [5, 5.41) is 12.1. The van der Waals surface area contributed by atoms with Gasteiger partial charge in [-0.3, -0.25) is 4.79 Å². The molecule has 0 atom stereocenters. The lowest BCUT2D eigenvalue weighted by atomic mass is 10.1. The molecule has 0 aliphatic rings. The van der Waals surface area contributed by atoms with Crippen LogP contribution in [-0.4, -0.2) is 24.0 Å². The summed E-state index contributed by atoms with van der Waals surface area (Å²) < 4.78 is 5.06. The van der Waals surface area contributed by atoms with Gasteiger partial charge in [-0.1, -0.05) is 54.6 Å². The van der Waals surface area contributed by atoms with Gasteiger partial charge in [-0.15, -0.1) is 0 Å². The second kappa shape index (κ2) is 8.38. The summed E-state index contributed by atoms with van der Waals surface area (Å²) in [6.45, 7) is 0.458. The van der Waals surface area contributed by atoms with E-state index in [1.807, 2.05) is 30.3 Å². The topological polar surface area (TPSA) is 75.6 Å². The Morgan fingerprint density at radius 3 is 2.65 bits per heavy atom. The van der Waals surface area contributed by atoms with Gasteiger partial charge in [-0.2, -0.15) is 0 Å². The lowest BCUT2D eigenvalue weighted by Crippen LogP contribution is -2.24. The Hall–Kier alpha value is -3.08. The molecule has 0 aromatic heterocycles. The molecule has 23 heavy (non-hydrogen) atoms. The minimum Gasteiger partial charge on any atom is -0.507 e.